The van der Waals surface area contributed by atoms with Crippen molar-refractivity contribution in [1.82, 2.24) is 15.5 Å². The Hall–Kier alpha value is -0.490. The van der Waals surface area contributed by atoms with Crippen LogP contribution in [0, 0.1) is 0 Å². The van der Waals surface area contributed by atoms with E-state index in [1.165, 1.54) is 0 Å². The monoisotopic (exact) mass is 345 g/mol. The Bertz CT molecular complexity index is 542. The zero-order valence-corrected chi connectivity index (χ0v) is 13.2. The van der Waals surface area contributed by atoms with Gasteiger partial charge in [-0.25, -0.2) is 0 Å². The Labute approximate surface area is 124 Å². The molecule has 0 amide bonds. The van der Waals surface area contributed by atoms with E-state index >= 15 is 0 Å². The van der Waals surface area contributed by atoms with Gasteiger partial charge in [-0.05, 0) is 28.1 Å². The number of nitrogens with one attached hydrogen (secondary N) is 1. The fraction of sp³-hybridized carbons (Fsp3) is 0.333. The maximum atomic E-state index is 5.97. The van der Waals surface area contributed by atoms with Crippen LogP contribution in [-0.4, -0.2) is 16.2 Å². The quantitative estimate of drug-likeness (QED) is 0.905. The van der Waals surface area contributed by atoms with E-state index in [4.69, 9.17) is 11.6 Å². The van der Waals surface area contributed by atoms with Gasteiger partial charge in [-0.3, -0.25) is 0 Å². The van der Waals surface area contributed by atoms with E-state index in [1.807, 2.05) is 18.2 Å². The van der Waals surface area contributed by atoms with Gasteiger partial charge in [-0.1, -0.05) is 42.9 Å². The van der Waals surface area contributed by atoms with Gasteiger partial charge in [-0.15, -0.1) is 10.2 Å². The highest BCUT2D eigenvalue weighted by molar-refractivity contribution is 9.10. The zero-order chi connectivity index (χ0) is 13.1. The van der Waals surface area contributed by atoms with Gasteiger partial charge in [0.25, 0.3) is 0 Å². The van der Waals surface area contributed by atoms with Crippen LogP contribution in [0.5, 0.6) is 0 Å². The first-order valence-electron chi connectivity index (χ1n) is 5.57. The molecule has 0 aliphatic rings. The van der Waals surface area contributed by atoms with E-state index in [9.17, 15) is 0 Å². The first-order chi connectivity index (χ1) is 8.56. The smallest absolute Gasteiger partial charge is 0.147 e. The van der Waals surface area contributed by atoms with E-state index in [1.54, 1.807) is 11.3 Å². The van der Waals surface area contributed by atoms with E-state index in [0.29, 0.717) is 11.1 Å². The number of nitrogens with zero attached hydrogens (tertiary/aromatic N) is 2. The third-order valence-electron chi connectivity index (χ3n) is 2.29. The average molecular weight is 347 g/mol. The zero-order valence-electron chi connectivity index (χ0n) is 10.1. The maximum absolute atomic E-state index is 5.97. The summed E-state index contributed by atoms with van der Waals surface area (Å²) in [6.07, 6.45) is 0. The number of benzene rings is 1. The molecule has 0 atom stereocenters. The molecule has 1 aromatic carbocycles. The van der Waals surface area contributed by atoms with Gasteiger partial charge in [0, 0.05) is 22.6 Å². The number of aromatic nitrogens is 2. The van der Waals surface area contributed by atoms with Gasteiger partial charge in [-0.2, -0.15) is 0 Å². The summed E-state index contributed by atoms with van der Waals surface area (Å²) < 4.78 is 0.874. The van der Waals surface area contributed by atoms with Gasteiger partial charge in [0.05, 0.1) is 5.02 Å². The molecule has 0 fully saturated rings. The molecule has 0 spiro atoms. The molecule has 0 radical (unpaired) electrons. The van der Waals surface area contributed by atoms with Crippen molar-refractivity contribution in [2.24, 2.45) is 0 Å². The van der Waals surface area contributed by atoms with Crippen molar-refractivity contribution in [3.8, 4) is 10.6 Å². The molecule has 1 N–H and O–H groups in total. The van der Waals surface area contributed by atoms with Crippen molar-refractivity contribution >= 4 is 38.9 Å². The van der Waals surface area contributed by atoms with Crippen LogP contribution in [0.25, 0.3) is 10.6 Å². The summed E-state index contributed by atoms with van der Waals surface area (Å²) in [6, 6.07) is 6.21. The van der Waals surface area contributed by atoms with Gasteiger partial charge in [0.2, 0.25) is 0 Å². The summed E-state index contributed by atoms with van der Waals surface area (Å²) in [4.78, 5) is 0. The Kier molecular flexibility index (Phi) is 4.72. The molecule has 1 aromatic heterocycles. The molecule has 18 heavy (non-hydrogen) atoms. The van der Waals surface area contributed by atoms with Crippen molar-refractivity contribution < 1.29 is 0 Å². The summed E-state index contributed by atoms with van der Waals surface area (Å²) in [7, 11) is 0. The molecule has 0 bridgehead atoms. The fourth-order valence-corrected chi connectivity index (χ4v) is 2.65. The minimum Gasteiger partial charge on any atom is -0.308 e. The van der Waals surface area contributed by atoms with Gasteiger partial charge >= 0.3 is 0 Å². The van der Waals surface area contributed by atoms with Crippen molar-refractivity contribution in [2.45, 2.75) is 26.4 Å². The van der Waals surface area contributed by atoms with Crippen LogP contribution in [0.2, 0.25) is 5.02 Å². The molecule has 96 valence electrons. The Morgan fingerprint density at radius 3 is 2.83 bits per heavy atom. The van der Waals surface area contributed by atoms with Crippen molar-refractivity contribution in [2.75, 3.05) is 0 Å². The molecular weight excluding hydrogens is 334 g/mol. The molecule has 1 heterocycles. The molecule has 2 aromatic rings. The van der Waals surface area contributed by atoms with Crippen molar-refractivity contribution in [3.63, 3.8) is 0 Å². The van der Waals surface area contributed by atoms with E-state index in [-0.39, 0.29) is 0 Å². The summed E-state index contributed by atoms with van der Waals surface area (Å²) in [5, 5.41) is 14.3. The Morgan fingerprint density at radius 1 is 1.39 bits per heavy atom. The highest BCUT2D eigenvalue weighted by Gasteiger charge is 2.08. The number of hydrogen-bond acceptors (Lipinski definition) is 4. The molecule has 0 aliphatic heterocycles. The molecular formula is C12H13BrClN3S. The molecule has 0 aliphatic carbocycles. The van der Waals surface area contributed by atoms with E-state index in [0.717, 1.165) is 26.6 Å². The first kappa shape index (κ1) is 13.9. The molecule has 2 rings (SSSR count). The second-order valence-electron chi connectivity index (χ2n) is 4.17. The summed E-state index contributed by atoms with van der Waals surface area (Å²) in [6.45, 7) is 4.97. The molecule has 0 saturated heterocycles. The van der Waals surface area contributed by atoms with Gasteiger partial charge < -0.3 is 5.32 Å². The predicted molar refractivity (Wildman–Crippen MR) is 80.0 cm³/mol. The molecule has 3 nitrogen and oxygen atoms in total. The minimum absolute atomic E-state index is 0.446. The lowest BCUT2D eigenvalue weighted by Crippen LogP contribution is -2.21. The maximum Gasteiger partial charge on any atom is 0.147 e. The lowest BCUT2D eigenvalue weighted by atomic mass is 10.2. The van der Waals surface area contributed by atoms with Crippen molar-refractivity contribution in [3.05, 3.63) is 32.7 Å². The summed E-state index contributed by atoms with van der Waals surface area (Å²) >= 11 is 11.0. The second kappa shape index (κ2) is 6.10. The lowest BCUT2D eigenvalue weighted by Gasteiger charge is -2.03. The van der Waals surface area contributed by atoms with Crippen LogP contribution in [-0.2, 0) is 6.54 Å². The molecule has 0 unspecified atom stereocenters. The van der Waals surface area contributed by atoms with E-state index < -0.39 is 0 Å². The number of halogens is 2. The lowest BCUT2D eigenvalue weighted by molar-refractivity contribution is 0.585. The second-order valence-corrected chi connectivity index (χ2v) is 6.49. The first-order valence-corrected chi connectivity index (χ1v) is 7.56. The van der Waals surface area contributed by atoms with Crippen LogP contribution >= 0.6 is 38.9 Å². The third-order valence-corrected chi connectivity index (χ3v) is 4.48. The van der Waals surface area contributed by atoms with E-state index in [2.05, 4.69) is 45.3 Å². The Balaban J connectivity index is 2.16. The van der Waals surface area contributed by atoms with Gasteiger partial charge in [0.15, 0.2) is 0 Å². The molecule has 6 heteroatoms. The van der Waals surface area contributed by atoms with Crippen LogP contribution < -0.4 is 5.32 Å². The summed E-state index contributed by atoms with van der Waals surface area (Å²) in [5.41, 5.74) is 1.03. The normalized spacial score (nSPS) is 11.2. The standard InChI is InChI=1S/C12H13BrClN3S/c1-7(2)15-6-11-16-17-12(18-11)8-3-4-10(14)9(13)5-8/h3-5,7,15H,6H2,1-2H3. The fourth-order valence-electron chi connectivity index (χ4n) is 1.36. The van der Waals surface area contributed by atoms with Crippen molar-refractivity contribution in [1.29, 1.82) is 0 Å². The predicted octanol–water partition coefficient (Wildman–Crippen LogP) is 4.12. The topological polar surface area (TPSA) is 37.8 Å². The number of rotatable bonds is 4. The van der Waals surface area contributed by atoms with Crippen LogP contribution in [0.1, 0.15) is 18.9 Å². The molecule has 0 saturated carbocycles. The van der Waals surface area contributed by atoms with Gasteiger partial charge in [0.1, 0.15) is 10.0 Å². The third kappa shape index (κ3) is 3.51. The number of hydrogen-bond donors (Lipinski definition) is 1. The van der Waals surface area contributed by atoms with Crippen LogP contribution in [0.15, 0.2) is 22.7 Å². The SMILES string of the molecule is CC(C)NCc1nnc(-c2ccc(Cl)c(Br)c2)s1. The van der Waals surface area contributed by atoms with Crippen LogP contribution in [0.3, 0.4) is 0 Å². The largest absolute Gasteiger partial charge is 0.308 e. The Morgan fingerprint density at radius 2 is 2.17 bits per heavy atom. The highest BCUT2D eigenvalue weighted by Crippen LogP contribution is 2.30. The summed E-state index contributed by atoms with van der Waals surface area (Å²) in [5.74, 6) is 0. The minimum atomic E-state index is 0.446. The average Bonchev–Trinajstić information content (AvgIpc) is 2.79. The van der Waals surface area contributed by atoms with Crippen LogP contribution in [0.4, 0.5) is 0 Å². The highest BCUT2D eigenvalue weighted by atomic mass is 79.9.